The first kappa shape index (κ1) is 20.5. The van der Waals surface area contributed by atoms with Gasteiger partial charge in [0.05, 0.1) is 17.4 Å². The minimum absolute atomic E-state index is 0.100. The molecule has 9 heteroatoms. The standard InChI is InChI=1S/C20H24N4O5/c1-3-14-5-7-16(8-6-14)29-19-17(24(26)27)18(21-13-22-19)23-11-9-15(10-12-23)20(25)28-4-2/h5-8,13,15H,3-4,9-12H2,1-2H3. The summed E-state index contributed by atoms with van der Waals surface area (Å²) in [5.41, 5.74) is 0.862. The van der Waals surface area contributed by atoms with Crippen LogP contribution in [0.2, 0.25) is 0 Å². The maximum absolute atomic E-state index is 11.9. The molecule has 0 amide bonds. The summed E-state index contributed by atoms with van der Waals surface area (Å²) in [6, 6.07) is 7.33. The first-order chi connectivity index (χ1) is 14.0. The van der Waals surface area contributed by atoms with E-state index in [9.17, 15) is 14.9 Å². The molecule has 3 rings (SSSR count). The molecule has 1 aromatic carbocycles. The lowest BCUT2D eigenvalue weighted by Gasteiger charge is -2.31. The molecule has 0 N–H and O–H groups in total. The lowest BCUT2D eigenvalue weighted by molar-refractivity contribution is -0.385. The number of rotatable bonds is 7. The van der Waals surface area contributed by atoms with Crippen molar-refractivity contribution in [1.82, 2.24) is 9.97 Å². The number of nitrogens with zero attached hydrogens (tertiary/aromatic N) is 4. The van der Waals surface area contributed by atoms with E-state index in [-0.39, 0.29) is 29.3 Å². The van der Waals surface area contributed by atoms with Crippen LogP contribution < -0.4 is 9.64 Å². The van der Waals surface area contributed by atoms with Crippen molar-refractivity contribution in [2.24, 2.45) is 5.92 Å². The summed E-state index contributed by atoms with van der Waals surface area (Å²) in [7, 11) is 0. The van der Waals surface area contributed by atoms with Gasteiger partial charge in [-0.05, 0) is 43.9 Å². The van der Waals surface area contributed by atoms with E-state index in [2.05, 4.69) is 9.97 Å². The highest BCUT2D eigenvalue weighted by molar-refractivity contribution is 5.73. The fourth-order valence-electron chi connectivity index (χ4n) is 3.31. The number of piperidine rings is 1. The van der Waals surface area contributed by atoms with Crippen molar-refractivity contribution in [1.29, 1.82) is 0 Å². The third-order valence-electron chi connectivity index (χ3n) is 4.91. The molecule has 0 bridgehead atoms. The Morgan fingerprint density at radius 2 is 1.90 bits per heavy atom. The van der Waals surface area contributed by atoms with E-state index in [1.54, 1.807) is 24.0 Å². The molecule has 0 aliphatic carbocycles. The Morgan fingerprint density at radius 3 is 2.48 bits per heavy atom. The van der Waals surface area contributed by atoms with Crippen molar-refractivity contribution in [2.75, 3.05) is 24.6 Å². The second-order valence-corrected chi connectivity index (χ2v) is 6.72. The molecule has 1 aliphatic rings. The number of esters is 1. The molecule has 9 nitrogen and oxygen atoms in total. The van der Waals surface area contributed by atoms with Gasteiger partial charge in [-0.1, -0.05) is 19.1 Å². The van der Waals surface area contributed by atoms with Gasteiger partial charge in [-0.15, -0.1) is 0 Å². The Kier molecular flexibility index (Phi) is 6.58. The molecular weight excluding hydrogens is 376 g/mol. The van der Waals surface area contributed by atoms with E-state index >= 15 is 0 Å². The maximum Gasteiger partial charge on any atom is 0.373 e. The van der Waals surface area contributed by atoms with Gasteiger partial charge in [-0.25, -0.2) is 4.98 Å². The number of ether oxygens (including phenoxy) is 2. The van der Waals surface area contributed by atoms with Crippen LogP contribution in [-0.2, 0) is 16.0 Å². The molecule has 154 valence electrons. The Bertz CT molecular complexity index is 864. The van der Waals surface area contributed by atoms with E-state index in [1.807, 2.05) is 19.1 Å². The van der Waals surface area contributed by atoms with E-state index in [1.165, 1.54) is 6.33 Å². The molecule has 0 unspecified atom stereocenters. The number of benzene rings is 1. The zero-order chi connectivity index (χ0) is 20.8. The van der Waals surface area contributed by atoms with Gasteiger partial charge in [0, 0.05) is 13.1 Å². The number of carbonyl (C=O) groups excluding carboxylic acids is 1. The van der Waals surface area contributed by atoms with Crippen LogP contribution in [0.15, 0.2) is 30.6 Å². The smallest absolute Gasteiger partial charge is 0.373 e. The number of aromatic nitrogens is 2. The normalized spacial score (nSPS) is 14.5. The molecule has 1 aromatic heterocycles. The average molecular weight is 400 g/mol. The van der Waals surface area contributed by atoms with Crippen LogP contribution in [0, 0.1) is 16.0 Å². The first-order valence-corrected chi connectivity index (χ1v) is 9.71. The van der Waals surface area contributed by atoms with E-state index < -0.39 is 4.92 Å². The minimum Gasteiger partial charge on any atom is -0.466 e. The van der Waals surface area contributed by atoms with Gasteiger partial charge in [-0.3, -0.25) is 14.9 Å². The number of hydrogen-bond donors (Lipinski definition) is 0. The molecule has 0 saturated carbocycles. The van der Waals surface area contributed by atoms with E-state index in [4.69, 9.17) is 9.47 Å². The number of hydrogen-bond acceptors (Lipinski definition) is 8. The molecule has 29 heavy (non-hydrogen) atoms. The molecule has 0 atom stereocenters. The van der Waals surface area contributed by atoms with Crippen LogP contribution in [0.4, 0.5) is 11.5 Å². The molecule has 2 aromatic rings. The highest BCUT2D eigenvalue weighted by Gasteiger charge is 2.33. The Balaban J connectivity index is 1.80. The lowest BCUT2D eigenvalue weighted by atomic mass is 9.97. The highest BCUT2D eigenvalue weighted by Crippen LogP contribution is 2.37. The fourth-order valence-corrected chi connectivity index (χ4v) is 3.31. The summed E-state index contributed by atoms with van der Waals surface area (Å²) in [5, 5.41) is 11.8. The highest BCUT2D eigenvalue weighted by atomic mass is 16.6. The zero-order valence-corrected chi connectivity index (χ0v) is 16.5. The van der Waals surface area contributed by atoms with Gasteiger partial charge in [0.15, 0.2) is 0 Å². The molecule has 0 spiro atoms. The largest absolute Gasteiger partial charge is 0.466 e. The molecule has 1 saturated heterocycles. The fraction of sp³-hybridized carbons (Fsp3) is 0.450. The number of carbonyl (C=O) groups is 1. The number of anilines is 1. The second kappa shape index (κ2) is 9.31. The monoisotopic (exact) mass is 400 g/mol. The third kappa shape index (κ3) is 4.79. The van der Waals surface area contributed by atoms with Gasteiger partial charge < -0.3 is 14.4 Å². The summed E-state index contributed by atoms with van der Waals surface area (Å²) in [6.07, 6.45) is 3.25. The molecule has 1 fully saturated rings. The quantitative estimate of drug-likeness (QED) is 0.395. The molecule has 2 heterocycles. The summed E-state index contributed by atoms with van der Waals surface area (Å²) >= 11 is 0. The topological polar surface area (TPSA) is 108 Å². The van der Waals surface area contributed by atoms with Crippen LogP contribution in [0.3, 0.4) is 0 Å². The number of aryl methyl sites for hydroxylation is 1. The number of nitro groups is 1. The van der Waals surface area contributed by atoms with Gasteiger partial charge in [0.1, 0.15) is 12.1 Å². The Labute approximate surface area is 168 Å². The summed E-state index contributed by atoms with van der Waals surface area (Å²) in [5.74, 6) is 0.156. The summed E-state index contributed by atoms with van der Waals surface area (Å²) in [4.78, 5) is 33.1. The van der Waals surface area contributed by atoms with Crippen LogP contribution in [0.25, 0.3) is 0 Å². The zero-order valence-electron chi connectivity index (χ0n) is 16.5. The van der Waals surface area contributed by atoms with E-state index in [0.29, 0.717) is 38.3 Å². The van der Waals surface area contributed by atoms with Gasteiger partial charge in [-0.2, -0.15) is 4.98 Å². The van der Waals surface area contributed by atoms with Crippen molar-refractivity contribution in [3.8, 4) is 11.6 Å². The van der Waals surface area contributed by atoms with Crippen molar-refractivity contribution >= 4 is 17.5 Å². The average Bonchev–Trinajstić information content (AvgIpc) is 2.74. The van der Waals surface area contributed by atoms with Gasteiger partial charge >= 0.3 is 17.5 Å². The Morgan fingerprint density at radius 1 is 1.21 bits per heavy atom. The van der Waals surface area contributed by atoms with Crippen LogP contribution in [0.5, 0.6) is 11.6 Å². The summed E-state index contributed by atoms with van der Waals surface area (Å²) in [6.45, 7) is 5.09. The van der Waals surface area contributed by atoms with Gasteiger partial charge in [0.25, 0.3) is 0 Å². The molecular formula is C20H24N4O5. The first-order valence-electron chi connectivity index (χ1n) is 9.71. The van der Waals surface area contributed by atoms with Crippen molar-refractivity contribution in [3.63, 3.8) is 0 Å². The second-order valence-electron chi connectivity index (χ2n) is 6.72. The lowest BCUT2D eigenvalue weighted by Crippen LogP contribution is -2.37. The molecule has 0 radical (unpaired) electrons. The SMILES string of the molecule is CCOC(=O)C1CCN(c2ncnc(Oc3ccc(CC)cc3)c2[N+](=O)[O-])CC1. The van der Waals surface area contributed by atoms with Crippen LogP contribution in [0.1, 0.15) is 32.3 Å². The maximum atomic E-state index is 11.9. The predicted octanol–water partition coefficient (Wildman–Crippen LogP) is 3.52. The van der Waals surface area contributed by atoms with Crippen molar-refractivity contribution in [2.45, 2.75) is 33.1 Å². The third-order valence-corrected chi connectivity index (χ3v) is 4.91. The van der Waals surface area contributed by atoms with E-state index in [0.717, 1.165) is 12.0 Å². The Hall–Kier alpha value is -3.23. The van der Waals surface area contributed by atoms with Crippen LogP contribution in [-0.4, -0.2) is 40.6 Å². The van der Waals surface area contributed by atoms with Gasteiger partial charge in [0.2, 0.25) is 5.82 Å². The minimum atomic E-state index is -0.525. The van der Waals surface area contributed by atoms with Crippen molar-refractivity contribution in [3.05, 3.63) is 46.3 Å². The van der Waals surface area contributed by atoms with Crippen molar-refractivity contribution < 1.29 is 19.2 Å². The molecule has 1 aliphatic heterocycles. The van der Waals surface area contributed by atoms with Crippen LogP contribution >= 0.6 is 0 Å². The summed E-state index contributed by atoms with van der Waals surface area (Å²) < 4.78 is 10.8. The predicted molar refractivity (Wildman–Crippen MR) is 106 cm³/mol.